The SMILES string of the molecule is NC1=N[C@@]2(c3ccc(I)cc3F)CCC[C@@H](c3ncco3)C[C@H]2CS1. The van der Waals surface area contributed by atoms with E-state index in [9.17, 15) is 4.39 Å². The van der Waals surface area contributed by atoms with Crippen molar-refractivity contribution in [3.8, 4) is 0 Å². The van der Waals surface area contributed by atoms with Gasteiger partial charge in [0, 0.05) is 20.8 Å². The Bertz CT molecular complexity index is 798. The minimum Gasteiger partial charge on any atom is -0.449 e. The Morgan fingerprint density at radius 3 is 3.04 bits per heavy atom. The van der Waals surface area contributed by atoms with E-state index in [1.54, 1.807) is 30.3 Å². The van der Waals surface area contributed by atoms with Gasteiger partial charge in [-0.25, -0.2) is 9.37 Å². The van der Waals surface area contributed by atoms with E-state index in [0.717, 1.165) is 40.9 Å². The molecule has 25 heavy (non-hydrogen) atoms. The number of nitrogens with zero attached hydrogens (tertiary/aromatic N) is 2. The smallest absolute Gasteiger partial charge is 0.197 e. The van der Waals surface area contributed by atoms with E-state index in [0.29, 0.717) is 10.7 Å². The maximum absolute atomic E-state index is 14.9. The van der Waals surface area contributed by atoms with E-state index < -0.39 is 5.54 Å². The second-order valence-corrected chi connectivity index (χ2v) is 8.99. The summed E-state index contributed by atoms with van der Waals surface area (Å²) in [6.45, 7) is 0. The molecule has 0 unspecified atom stereocenters. The summed E-state index contributed by atoms with van der Waals surface area (Å²) in [5.74, 6) is 1.90. The van der Waals surface area contributed by atoms with Gasteiger partial charge in [-0.1, -0.05) is 17.8 Å². The minimum atomic E-state index is -0.578. The minimum absolute atomic E-state index is 0.185. The first kappa shape index (κ1) is 17.3. The molecule has 4 nitrogen and oxygen atoms in total. The lowest BCUT2D eigenvalue weighted by Crippen LogP contribution is -2.40. The van der Waals surface area contributed by atoms with Crippen LogP contribution in [-0.2, 0) is 5.54 Å². The van der Waals surface area contributed by atoms with Gasteiger partial charge in [-0.3, -0.25) is 4.99 Å². The van der Waals surface area contributed by atoms with Crippen molar-refractivity contribution < 1.29 is 8.81 Å². The predicted octanol–water partition coefficient (Wildman–Crippen LogP) is 4.65. The maximum Gasteiger partial charge on any atom is 0.197 e. The number of benzene rings is 1. The normalized spacial score (nSPS) is 29.6. The third-order valence-corrected chi connectivity index (χ3v) is 6.92. The molecule has 0 radical (unpaired) electrons. The lowest BCUT2D eigenvalue weighted by atomic mass is 9.75. The Labute approximate surface area is 164 Å². The molecular formula is C18H19FIN3OS. The largest absolute Gasteiger partial charge is 0.449 e. The number of aliphatic imine (C=N–C) groups is 1. The Hall–Kier alpha value is -1.09. The van der Waals surface area contributed by atoms with Crippen LogP contribution < -0.4 is 5.73 Å². The topological polar surface area (TPSA) is 64.4 Å². The van der Waals surface area contributed by atoms with Gasteiger partial charge < -0.3 is 10.2 Å². The van der Waals surface area contributed by atoms with Gasteiger partial charge in [-0.05, 0) is 66.3 Å². The number of fused-ring (bicyclic) bond motifs is 1. The van der Waals surface area contributed by atoms with Gasteiger partial charge in [0.25, 0.3) is 0 Å². The molecule has 7 heteroatoms. The highest BCUT2D eigenvalue weighted by atomic mass is 127. The highest BCUT2D eigenvalue weighted by molar-refractivity contribution is 14.1. The Morgan fingerprint density at radius 1 is 1.40 bits per heavy atom. The van der Waals surface area contributed by atoms with Crippen LogP contribution in [0, 0.1) is 15.3 Å². The van der Waals surface area contributed by atoms with Crippen molar-refractivity contribution in [2.75, 3.05) is 5.75 Å². The van der Waals surface area contributed by atoms with Crippen molar-refractivity contribution in [3.63, 3.8) is 0 Å². The van der Waals surface area contributed by atoms with Crippen molar-refractivity contribution in [2.45, 2.75) is 37.1 Å². The Morgan fingerprint density at radius 2 is 2.28 bits per heavy atom. The first-order valence-corrected chi connectivity index (χ1v) is 10.5. The molecule has 1 aliphatic heterocycles. The zero-order chi connectivity index (χ0) is 17.4. The molecule has 1 aromatic heterocycles. The molecule has 0 bridgehead atoms. The van der Waals surface area contributed by atoms with Gasteiger partial charge in [0.1, 0.15) is 12.1 Å². The molecule has 1 aromatic carbocycles. The fraction of sp³-hybridized carbons (Fsp3) is 0.444. The van der Waals surface area contributed by atoms with Crippen LogP contribution in [0.15, 0.2) is 40.1 Å². The lowest BCUT2D eigenvalue weighted by molar-refractivity contribution is 0.263. The Kier molecular flexibility index (Phi) is 4.79. The van der Waals surface area contributed by atoms with E-state index >= 15 is 0 Å². The molecule has 1 aliphatic carbocycles. The summed E-state index contributed by atoms with van der Waals surface area (Å²) in [6.07, 6.45) is 6.92. The van der Waals surface area contributed by atoms with Crippen LogP contribution in [0.4, 0.5) is 4.39 Å². The first-order chi connectivity index (χ1) is 12.1. The summed E-state index contributed by atoms with van der Waals surface area (Å²) < 4.78 is 21.3. The van der Waals surface area contributed by atoms with Crippen LogP contribution in [0.1, 0.15) is 43.1 Å². The average Bonchev–Trinajstić information content (AvgIpc) is 3.03. The van der Waals surface area contributed by atoms with Crippen molar-refractivity contribution in [1.29, 1.82) is 0 Å². The predicted molar refractivity (Wildman–Crippen MR) is 106 cm³/mol. The van der Waals surface area contributed by atoms with Gasteiger partial charge in [0.05, 0.1) is 11.7 Å². The molecule has 2 heterocycles. The number of aromatic nitrogens is 1. The van der Waals surface area contributed by atoms with E-state index in [1.165, 1.54) is 0 Å². The molecule has 0 amide bonds. The number of rotatable bonds is 2. The number of hydrogen-bond donors (Lipinski definition) is 1. The number of thioether (sulfide) groups is 1. The summed E-state index contributed by atoms with van der Waals surface area (Å²) in [5.41, 5.74) is 6.18. The molecule has 0 spiro atoms. The molecule has 132 valence electrons. The summed E-state index contributed by atoms with van der Waals surface area (Å²) in [7, 11) is 0. The fourth-order valence-corrected chi connectivity index (χ4v) is 5.63. The highest BCUT2D eigenvalue weighted by Crippen LogP contribution is 2.51. The lowest BCUT2D eigenvalue weighted by Gasteiger charge is -2.40. The molecule has 1 saturated carbocycles. The summed E-state index contributed by atoms with van der Waals surface area (Å²) >= 11 is 3.70. The van der Waals surface area contributed by atoms with E-state index in [4.69, 9.17) is 15.1 Å². The molecule has 2 aliphatic rings. The average molecular weight is 471 g/mol. The summed E-state index contributed by atoms with van der Waals surface area (Å²) in [5, 5.41) is 0.559. The third-order valence-electron chi connectivity index (χ3n) is 5.30. The molecule has 0 saturated heterocycles. The summed E-state index contributed by atoms with van der Waals surface area (Å²) in [6, 6.07) is 5.43. The fourth-order valence-electron chi connectivity index (χ4n) is 4.16. The van der Waals surface area contributed by atoms with E-state index in [1.807, 2.05) is 12.1 Å². The van der Waals surface area contributed by atoms with Crippen LogP contribution in [0.3, 0.4) is 0 Å². The molecular weight excluding hydrogens is 452 g/mol. The quantitative estimate of drug-likeness (QED) is 0.648. The first-order valence-electron chi connectivity index (χ1n) is 8.41. The monoisotopic (exact) mass is 471 g/mol. The second kappa shape index (κ2) is 6.90. The highest BCUT2D eigenvalue weighted by Gasteiger charge is 2.47. The number of amidine groups is 1. The second-order valence-electron chi connectivity index (χ2n) is 6.70. The van der Waals surface area contributed by atoms with Crippen LogP contribution in [0.25, 0.3) is 0 Å². The summed E-state index contributed by atoms with van der Waals surface area (Å²) in [4.78, 5) is 9.19. The zero-order valence-corrected chi connectivity index (χ0v) is 16.6. The zero-order valence-electron chi connectivity index (χ0n) is 13.6. The van der Waals surface area contributed by atoms with Crippen LogP contribution in [0.5, 0.6) is 0 Å². The van der Waals surface area contributed by atoms with Crippen molar-refractivity contribution in [1.82, 2.24) is 4.98 Å². The van der Waals surface area contributed by atoms with Crippen LogP contribution in [-0.4, -0.2) is 15.9 Å². The number of hydrogen-bond acceptors (Lipinski definition) is 5. The molecule has 3 atom stereocenters. The number of nitrogens with two attached hydrogens (primary N) is 1. The van der Waals surface area contributed by atoms with Gasteiger partial charge in [-0.2, -0.15) is 0 Å². The van der Waals surface area contributed by atoms with Crippen molar-refractivity contribution >= 4 is 39.5 Å². The Balaban J connectivity index is 1.77. The molecule has 2 N–H and O–H groups in total. The van der Waals surface area contributed by atoms with E-state index in [-0.39, 0.29) is 17.7 Å². The van der Waals surface area contributed by atoms with Crippen molar-refractivity contribution in [3.05, 3.63) is 51.5 Å². The maximum atomic E-state index is 14.9. The number of halogens is 2. The van der Waals surface area contributed by atoms with Gasteiger partial charge >= 0.3 is 0 Å². The van der Waals surface area contributed by atoms with E-state index in [2.05, 4.69) is 27.6 Å². The molecule has 1 fully saturated rings. The molecule has 4 rings (SSSR count). The number of oxazole rings is 1. The standard InChI is InChI=1S/C18H19FIN3OS/c19-15-9-13(20)3-4-14(15)18-5-1-2-11(16-22-6-7-24-16)8-12(18)10-25-17(21)23-18/h3-4,6-7,9,11-12H,1-2,5,8,10H2,(H2,21,23)/t11-,12+,18+/m1/s1. The van der Waals surface area contributed by atoms with Crippen LogP contribution in [0.2, 0.25) is 0 Å². The van der Waals surface area contributed by atoms with Gasteiger partial charge in [-0.15, -0.1) is 0 Å². The van der Waals surface area contributed by atoms with Gasteiger partial charge in [0.2, 0.25) is 0 Å². The molecule has 2 aromatic rings. The van der Waals surface area contributed by atoms with Crippen molar-refractivity contribution in [2.24, 2.45) is 16.6 Å². The van der Waals surface area contributed by atoms with Crippen LogP contribution >= 0.6 is 34.4 Å². The van der Waals surface area contributed by atoms with Gasteiger partial charge in [0.15, 0.2) is 11.1 Å². The third kappa shape index (κ3) is 3.20.